The Morgan fingerprint density at radius 2 is 2.26 bits per heavy atom. The Morgan fingerprint density at radius 1 is 1.42 bits per heavy atom. The number of carbonyl (C=O) groups excluding carboxylic acids is 1. The number of amidine groups is 1. The molecule has 31 heavy (non-hydrogen) atoms. The standard InChI is InChI=1S/C20H21BrF2N6O2/c1-2-31-20(30)16-14(9-29-7-3-4-15(29)23)26-19(18-24-10-25-28-18)27-17(16)12-6-5-11(22)8-13(12)21/h5-6,8,10,15,17H,2-4,7,9H2,1H3,(H,26,27)(H,24,25,28)/t15-,17?/m0/s1. The molecule has 1 unspecified atom stereocenters. The first kappa shape index (κ1) is 21.6. The van der Waals surface area contributed by atoms with Crippen LogP contribution >= 0.6 is 15.9 Å². The van der Waals surface area contributed by atoms with E-state index < -0.39 is 24.1 Å². The highest BCUT2D eigenvalue weighted by Crippen LogP contribution is 2.37. The Kier molecular flexibility index (Phi) is 6.42. The predicted molar refractivity (Wildman–Crippen MR) is 112 cm³/mol. The number of hydrogen-bond donors (Lipinski definition) is 2. The highest BCUT2D eigenvalue weighted by Gasteiger charge is 2.36. The molecule has 0 spiro atoms. The lowest BCUT2D eigenvalue weighted by atomic mass is 9.95. The van der Waals surface area contributed by atoms with Crippen molar-refractivity contribution in [3.63, 3.8) is 0 Å². The Labute approximate surface area is 185 Å². The zero-order valence-electron chi connectivity index (χ0n) is 16.7. The second-order valence-corrected chi connectivity index (χ2v) is 8.02. The number of hydrogen-bond acceptors (Lipinski definition) is 7. The SMILES string of the molecule is CCOC(=O)C1=C(CN2CCC[C@H]2F)NC(c2ncn[nH]2)=NC1c1ccc(F)cc1Br. The second kappa shape index (κ2) is 9.23. The number of ether oxygens (including phenoxy) is 1. The Morgan fingerprint density at radius 3 is 2.90 bits per heavy atom. The van der Waals surface area contributed by atoms with Gasteiger partial charge < -0.3 is 10.1 Å². The molecule has 2 aromatic rings. The molecule has 11 heteroatoms. The van der Waals surface area contributed by atoms with Gasteiger partial charge in [0.05, 0.1) is 12.2 Å². The van der Waals surface area contributed by atoms with Crippen LogP contribution in [0.4, 0.5) is 8.78 Å². The first-order valence-corrected chi connectivity index (χ1v) is 10.7. The van der Waals surface area contributed by atoms with Crippen LogP contribution in [0.2, 0.25) is 0 Å². The van der Waals surface area contributed by atoms with Crippen molar-refractivity contribution in [2.75, 3.05) is 19.7 Å². The number of carbonyl (C=O) groups is 1. The van der Waals surface area contributed by atoms with E-state index in [0.29, 0.717) is 40.4 Å². The largest absolute Gasteiger partial charge is 0.463 e. The number of benzene rings is 1. The molecule has 1 saturated heterocycles. The summed E-state index contributed by atoms with van der Waals surface area (Å²) < 4.78 is 33.8. The second-order valence-electron chi connectivity index (χ2n) is 7.17. The van der Waals surface area contributed by atoms with Crippen LogP contribution in [0.5, 0.6) is 0 Å². The van der Waals surface area contributed by atoms with E-state index in [9.17, 15) is 13.6 Å². The first-order chi connectivity index (χ1) is 15.0. The smallest absolute Gasteiger partial charge is 0.338 e. The molecule has 4 rings (SSSR count). The molecule has 0 radical (unpaired) electrons. The highest BCUT2D eigenvalue weighted by molar-refractivity contribution is 9.10. The van der Waals surface area contributed by atoms with Crippen LogP contribution in [0.15, 0.2) is 45.3 Å². The minimum Gasteiger partial charge on any atom is -0.463 e. The molecule has 0 aliphatic carbocycles. The average Bonchev–Trinajstić information content (AvgIpc) is 3.40. The van der Waals surface area contributed by atoms with Crippen LogP contribution in [0, 0.1) is 5.82 Å². The third-order valence-corrected chi connectivity index (χ3v) is 5.85. The average molecular weight is 495 g/mol. The van der Waals surface area contributed by atoms with Crippen molar-refractivity contribution in [3.05, 3.63) is 57.5 Å². The van der Waals surface area contributed by atoms with Gasteiger partial charge in [0.2, 0.25) is 0 Å². The molecule has 2 N–H and O–H groups in total. The fourth-order valence-electron chi connectivity index (χ4n) is 3.72. The maximum atomic E-state index is 14.4. The number of likely N-dealkylation sites (tertiary alicyclic amines) is 1. The molecule has 1 aromatic heterocycles. The Bertz CT molecular complexity index is 1030. The molecule has 2 aliphatic rings. The summed E-state index contributed by atoms with van der Waals surface area (Å²) in [6.07, 6.45) is 1.42. The van der Waals surface area contributed by atoms with E-state index in [2.05, 4.69) is 41.4 Å². The molecule has 1 aromatic carbocycles. The van der Waals surface area contributed by atoms with Crippen molar-refractivity contribution in [3.8, 4) is 0 Å². The quantitative estimate of drug-likeness (QED) is 0.473. The number of rotatable bonds is 6. The van der Waals surface area contributed by atoms with Crippen LogP contribution in [0.3, 0.4) is 0 Å². The minimum atomic E-state index is -1.10. The van der Waals surface area contributed by atoms with E-state index >= 15 is 0 Å². The van der Waals surface area contributed by atoms with E-state index in [4.69, 9.17) is 4.74 Å². The van der Waals surface area contributed by atoms with Gasteiger partial charge in [0.1, 0.15) is 18.2 Å². The minimum absolute atomic E-state index is 0.164. The Balaban J connectivity index is 1.83. The van der Waals surface area contributed by atoms with Crippen LogP contribution in [0.1, 0.15) is 37.2 Å². The fraction of sp³-hybridized carbons (Fsp3) is 0.400. The van der Waals surface area contributed by atoms with Crippen molar-refractivity contribution >= 4 is 27.7 Å². The Hall–Kier alpha value is -2.66. The summed E-state index contributed by atoms with van der Waals surface area (Å²) in [6.45, 7) is 2.61. The topological polar surface area (TPSA) is 95.5 Å². The van der Waals surface area contributed by atoms with Gasteiger partial charge in [0, 0.05) is 23.3 Å². The van der Waals surface area contributed by atoms with Crippen LogP contribution < -0.4 is 5.32 Å². The monoisotopic (exact) mass is 494 g/mol. The van der Waals surface area contributed by atoms with Gasteiger partial charge in [0.15, 0.2) is 18.0 Å². The molecule has 0 amide bonds. The molecule has 8 nitrogen and oxygen atoms in total. The summed E-state index contributed by atoms with van der Waals surface area (Å²) in [6, 6.07) is 3.35. The zero-order valence-corrected chi connectivity index (χ0v) is 18.3. The number of aliphatic imine (C=N–C) groups is 1. The van der Waals surface area contributed by atoms with Crippen molar-refractivity contribution < 1.29 is 18.3 Å². The molecular weight excluding hydrogens is 474 g/mol. The van der Waals surface area contributed by atoms with E-state index in [1.165, 1.54) is 18.5 Å². The van der Waals surface area contributed by atoms with E-state index in [0.717, 1.165) is 6.42 Å². The molecule has 2 atom stereocenters. The summed E-state index contributed by atoms with van der Waals surface area (Å²) in [4.78, 5) is 23.4. The van der Waals surface area contributed by atoms with E-state index in [-0.39, 0.29) is 18.7 Å². The maximum absolute atomic E-state index is 14.4. The lowest BCUT2D eigenvalue weighted by Crippen LogP contribution is -2.40. The van der Waals surface area contributed by atoms with Gasteiger partial charge in [0.25, 0.3) is 0 Å². The number of esters is 1. The number of aromatic nitrogens is 3. The summed E-state index contributed by atoms with van der Waals surface area (Å²) >= 11 is 3.37. The van der Waals surface area contributed by atoms with Gasteiger partial charge in [-0.3, -0.25) is 15.0 Å². The number of H-pyrrole nitrogens is 1. The summed E-state index contributed by atoms with van der Waals surface area (Å²) in [5.74, 6) is -0.289. The fourth-order valence-corrected chi connectivity index (χ4v) is 4.29. The number of aromatic amines is 1. The van der Waals surface area contributed by atoms with Gasteiger partial charge in [-0.25, -0.2) is 18.6 Å². The lowest BCUT2D eigenvalue weighted by Gasteiger charge is -2.30. The highest BCUT2D eigenvalue weighted by atomic mass is 79.9. The summed E-state index contributed by atoms with van der Waals surface area (Å²) in [7, 11) is 0. The van der Waals surface area contributed by atoms with E-state index in [1.807, 2.05) is 0 Å². The number of alkyl halides is 1. The van der Waals surface area contributed by atoms with Crippen molar-refractivity contribution in [1.82, 2.24) is 25.4 Å². The van der Waals surface area contributed by atoms with Crippen LogP contribution in [-0.2, 0) is 9.53 Å². The van der Waals surface area contributed by atoms with Crippen LogP contribution in [-0.4, -0.2) is 57.9 Å². The zero-order chi connectivity index (χ0) is 22.0. The van der Waals surface area contributed by atoms with E-state index in [1.54, 1.807) is 17.9 Å². The number of nitrogens with zero attached hydrogens (tertiary/aromatic N) is 4. The van der Waals surface area contributed by atoms with Gasteiger partial charge in [-0.05, 0) is 37.5 Å². The van der Waals surface area contributed by atoms with Gasteiger partial charge in [-0.1, -0.05) is 22.0 Å². The van der Waals surface area contributed by atoms with Gasteiger partial charge in [-0.2, -0.15) is 5.10 Å². The molecule has 0 bridgehead atoms. The molecule has 2 aliphatic heterocycles. The summed E-state index contributed by atoms with van der Waals surface area (Å²) in [5, 5.41) is 9.72. The molecule has 1 fully saturated rings. The van der Waals surface area contributed by atoms with Crippen molar-refractivity contribution in [2.24, 2.45) is 4.99 Å². The van der Waals surface area contributed by atoms with Crippen LogP contribution in [0.25, 0.3) is 0 Å². The number of halogens is 3. The maximum Gasteiger partial charge on any atom is 0.338 e. The van der Waals surface area contributed by atoms with Gasteiger partial charge >= 0.3 is 5.97 Å². The van der Waals surface area contributed by atoms with Crippen molar-refractivity contribution in [2.45, 2.75) is 32.1 Å². The normalized spacial score (nSPS) is 21.7. The van der Waals surface area contributed by atoms with Gasteiger partial charge in [-0.15, -0.1) is 0 Å². The third-order valence-electron chi connectivity index (χ3n) is 5.16. The molecule has 0 saturated carbocycles. The first-order valence-electron chi connectivity index (χ1n) is 9.91. The van der Waals surface area contributed by atoms with Crippen molar-refractivity contribution in [1.29, 1.82) is 0 Å². The molecule has 3 heterocycles. The lowest BCUT2D eigenvalue weighted by molar-refractivity contribution is -0.139. The number of nitrogens with one attached hydrogen (secondary N) is 2. The third kappa shape index (κ3) is 4.52. The predicted octanol–water partition coefficient (Wildman–Crippen LogP) is 3.01. The molecular formula is C20H21BrF2N6O2. The summed E-state index contributed by atoms with van der Waals surface area (Å²) in [5.41, 5.74) is 1.28. The molecule has 164 valence electrons.